The van der Waals surface area contributed by atoms with Crippen molar-refractivity contribution in [1.29, 1.82) is 0 Å². The van der Waals surface area contributed by atoms with Crippen LogP contribution >= 0.6 is 0 Å². The molecule has 3 heteroatoms. The van der Waals surface area contributed by atoms with Gasteiger partial charge in [0.15, 0.2) is 5.82 Å². The molecular weight excluding hydrogens is 210 g/mol. The van der Waals surface area contributed by atoms with Gasteiger partial charge in [-0.2, -0.15) is 0 Å². The Hall–Kier alpha value is -1.90. The monoisotopic (exact) mass is 225 g/mol. The van der Waals surface area contributed by atoms with E-state index >= 15 is 0 Å². The Balaban J connectivity index is 2.09. The van der Waals surface area contributed by atoms with Crippen LogP contribution in [-0.4, -0.2) is 9.97 Å². The summed E-state index contributed by atoms with van der Waals surface area (Å²) in [5.41, 5.74) is 9.96. The molecule has 1 heterocycles. The number of hydrogen-bond acceptors (Lipinski definition) is 3. The zero-order valence-electron chi connectivity index (χ0n) is 9.85. The molecule has 17 heavy (non-hydrogen) atoms. The molecule has 0 spiro atoms. The van der Waals surface area contributed by atoms with Crippen molar-refractivity contribution in [1.82, 2.24) is 9.97 Å². The van der Waals surface area contributed by atoms with Crippen molar-refractivity contribution in [2.75, 3.05) is 5.73 Å². The van der Waals surface area contributed by atoms with Gasteiger partial charge in [0.25, 0.3) is 0 Å². The Morgan fingerprint density at radius 2 is 2.00 bits per heavy atom. The van der Waals surface area contributed by atoms with E-state index in [-0.39, 0.29) is 0 Å². The maximum atomic E-state index is 5.92. The van der Waals surface area contributed by atoms with E-state index in [4.69, 9.17) is 5.73 Å². The maximum absolute atomic E-state index is 5.92. The first-order chi connectivity index (χ1) is 8.25. The van der Waals surface area contributed by atoms with E-state index in [1.165, 1.54) is 18.4 Å². The molecule has 1 aromatic heterocycles. The highest BCUT2D eigenvalue weighted by Crippen LogP contribution is 2.41. The summed E-state index contributed by atoms with van der Waals surface area (Å²) in [7, 11) is 0. The standard InChI is InChI=1S/C14H15N3/c1-9-4-2-3-5-11(9)14-16-8-12(15)13(17-14)10-6-7-10/h2-5,8,10H,6-7,15H2,1H3. The van der Waals surface area contributed by atoms with Crippen LogP contribution in [0.1, 0.15) is 30.0 Å². The van der Waals surface area contributed by atoms with Gasteiger partial charge in [-0.15, -0.1) is 0 Å². The first-order valence-corrected chi connectivity index (χ1v) is 5.94. The van der Waals surface area contributed by atoms with Crippen molar-refractivity contribution < 1.29 is 0 Å². The lowest BCUT2D eigenvalue weighted by Gasteiger charge is -2.07. The van der Waals surface area contributed by atoms with E-state index < -0.39 is 0 Å². The highest BCUT2D eigenvalue weighted by molar-refractivity contribution is 5.61. The zero-order chi connectivity index (χ0) is 11.8. The molecule has 2 N–H and O–H groups in total. The van der Waals surface area contributed by atoms with Gasteiger partial charge in [-0.05, 0) is 25.3 Å². The average Bonchev–Trinajstić information content (AvgIpc) is 3.15. The maximum Gasteiger partial charge on any atom is 0.159 e. The minimum absolute atomic E-state index is 0.556. The van der Waals surface area contributed by atoms with Crippen LogP contribution in [0, 0.1) is 6.92 Å². The molecule has 0 unspecified atom stereocenters. The molecule has 3 nitrogen and oxygen atoms in total. The van der Waals surface area contributed by atoms with Gasteiger partial charge in [0.05, 0.1) is 17.6 Å². The molecule has 1 aliphatic rings. The molecule has 0 radical (unpaired) electrons. The number of anilines is 1. The number of rotatable bonds is 2. The first kappa shape index (κ1) is 10.3. The van der Waals surface area contributed by atoms with Crippen LogP contribution in [0.25, 0.3) is 11.4 Å². The summed E-state index contributed by atoms with van der Waals surface area (Å²) in [5.74, 6) is 1.35. The smallest absolute Gasteiger partial charge is 0.159 e. The van der Waals surface area contributed by atoms with Crippen molar-refractivity contribution in [3.05, 3.63) is 41.7 Å². The van der Waals surface area contributed by atoms with E-state index in [0.717, 1.165) is 22.8 Å². The Kier molecular flexibility index (Phi) is 2.32. The molecule has 2 aromatic rings. The van der Waals surface area contributed by atoms with Crippen molar-refractivity contribution in [3.63, 3.8) is 0 Å². The largest absolute Gasteiger partial charge is 0.396 e. The Bertz CT molecular complexity index is 559. The minimum atomic E-state index is 0.556. The fourth-order valence-electron chi connectivity index (χ4n) is 2.04. The van der Waals surface area contributed by atoms with Gasteiger partial charge in [0, 0.05) is 11.5 Å². The normalized spacial score (nSPS) is 14.9. The number of aromatic nitrogens is 2. The van der Waals surface area contributed by atoms with Crippen LogP contribution in [0.2, 0.25) is 0 Å². The topological polar surface area (TPSA) is 51.8 Å². The lowest BCUT2D eigenvalue weighted by atomic mass is 10.1. The van der Waals surface area contributed by atoms with Crippen molar-refractivity contribution in [2.24, 2.45) is 0 Å². The lowest BCUT2D eigenvalue weighted by molar-refractivity contribution is 0.999. The molecule has 0 amide bonds. The average molecular weight is 225 g/mol. The third-order valence-corrected chi connectivity index (χ3v) is 3.20. The number of aryl methyl sites for hydroxylation is 1. The third kappa shape index (κ3) is 1.88. The molecule has 1 saturated carbocycles. The van der Waals surface area contributed by atoms with Crippen molar-refractivity contribution in [2.45, 2.75) is 25.7 Å². The predicted molar refractivity (Wildman–Crippen MR) is 68.6 cm³/mol. The number of benzene rings is 1. The fourth-order valence-corrected chi connectivity index (χ4v) is 2.04. The van der Waals surface area contributed by atoms with Gasteiger partial charge in [0.1, 0.15) is 0 Å². The molecule has 1 aliphatic carbocycles. The van der Waals surface area contributed by atoms with E-state index in [1.807, 2.05) is 12.1 Å². The molecule has 1 aromatic carbocycles. The van der Waals surface area contributed by atoms with Gasteiger partial charge < -0.3 is 5.73 Å². The SMILES string of the molecule is Cc1ccccc1-c1ncc(N)c(C2CC2)n1. The lowest BCUT2D eigenvalue weighted by Crippen LogP contribution is -2.01. The molecular formula is C14H15N3. The van der Waals surface area contributed by atoms with E-state index in [9.17, 15) is 0 Å². The molecule has 1 fully saturated rings. The van der Waals surface area contributed by atoms with Crippen LogP contribution in [0.4, 0.5) is 5.69 Å². The minimum Gasteiger partial charge on any atom is -0.396 e. The quantitative estimate of drug-likeness (QED) is 0.855. The molecule has 0 saturated heterocycles. The Labute approximate surface area is 101 Å². The summed E-state index contributed by atoms with van der Waals surface area (Å²) in [6.45, 7) is 2.08. The second kappa shape index (κ2) is 3.84. The van der Waals surface area contributed by atoms with Crippen molar-refractivity contribution in [3.8, 4) is 11.4 Å². The molecule has 0 aliphatic heterocycles. The van der Waals surface area contributed by atoms with Gasteiger partial charge in [-0.1, -0.05) is 24.3 Å². The summed E-state index contributed by atoms with van der Waals surface area (Å²) in [5, 5.41) is 0. The second-order valence-electron chi connectivity index (χ2n) is 4.62. The zero-order valence-corrected chi connectivity index (χ0v) is 9.85. The Morgan fingerprint density at radius 3 is 2.71 bits per heavy atom. The van der Waals surface area contributed by atoms with Crippen LogP contribution in [0.15, 0.2) is 30.5 Å². The van der Waals surface area contributed by atoms with Crippen LogP contribution in [-0.2, 0) is 0 Å². The summed E-state index contributed by atoms with van der Waals surface area (Å²) in [6, 6.07) is 8.17. The van der Waals surface area contributed by atoms with E-state index in [0.29, 0.717) is 5.92 Å². The van der Waals surface area contributed by atoms with Gasteiger partial charge in [0.2, 0.25) is 0 Å². The van der Waals surface area contributed by atoms with Gasteiger partial charge in [-0.3, -0.25) is 0 Å². The number of nitrogen functional groups attached to an aromatic ring is 1. The highest BCUT2D eigenvalue weighted by atomic mass is 14.9. The summed E-state index contributed by atoms with van der Waals surface area (Å²) >= 11 is 0. The number of nitrogens with zero attached hydrogens (tertiary/aromatic N) is 2. The number of hydrogen-bond donors (Lipinski definition) is 1. The van der Waals surface area contributed by atoms with Crippen LogP contribution in [0.3, 0.4) is 0 Å². The Morgan fingerprint density at radius 1 is 1.24 bits per heavy atom. The highest BCUT2D eigenvalue weighted by Gasteiger charge is 2.27. The van der Waals surface area contributed by atoms with E-state index in [1.54, 1.807) is 6.20 Å². The number of nitrogens with two attached hydrogens (primary N) is 1. The third-order valence-electron chi connectivity index (χ3n) is 3.20. The van der Waals surface area contributed by atoms with Crippen molar-refractivity contribution >= 4 is 5.69 Å². The van der Waals surface area contributed by atoms with E-state index in [2.05, 4.69) is 29.0 Å². The first-order valence-electron chi connectivity index (χ1n) is 5.94. The summed E-state index contributed by atoms with van der Waals surface area (Å²) in [6.07, 6.45) is 4.14. The molecule has 0 atom stereocenters. The summed E-state index contributed by atoms with van der Waals surface area (Å²) < 4.78 is 0. The predicted octanol–water partition coefficient (Wildman–Crippen LogP) is 2.91. The molecule has 3 rings (SSSR count). The molecule has 86 valence electrons. The fraction of sp³-hybridized carbons (Fsp3) is 0.286. The second-order valence-corrected chi connectivity index (χ2v) is 4.62. The van der Waals surface area contributed by atoms with Gasteiger partial charge >= 0.3 is 0 Å². The molecule has 0 bridgehead atoms. The van der Waals surface area contributed by atoms with Crippen LogP contribution in [0.5, 0.6) is 0 Å². The van der Waals surface area contributed by atoms with Crippen LogP contribution < -0.4 is 5.73 Å². The summed E-state index contributed by atoms with van der Waals surface area (Å²) in [4.78, 5) is 8.97. The van der Waals surface area contributed by atoms with Gasteiger partial charge in [-0.25, -0.2) is 9.97 Å².